The van der Waals surface area contributed by atoms with Crippen molar-refractivity contribution in [3.05, 3.63) is 28.8 Å². The van der Waals surface area contributed by atoms with E-state index >= 15 is 0 Å². The van der Waals surface area contributed by atoms with Gasteiger partial charge in [-0.05, 0) is 81.6 Å². The molecule has 38 heavy (non-hydrogen) atoms. The lowest BCUT2D eigenvalue weighted by Crippen LogP contribution is -2.57. The molecule has 2 saturated heterocycles. The Labute approximate surface area is 225 Å². The first-order valence-corrected chi connectivity index (χ1v) is 13.6. The van der Waals surface area contributed by atoms with Gasteiger partial charge >= 0.3 is 18.1 Å². The predicted molar refractivity (Wildman–Crippen MR) is 137 cm³/mol. The molecule has 2 heterocycles. The zero-order valence-corrected chi connectivity index (χ0v) is 23.4. The van der Waals surface area contributed by atoms with Gasteiger partial charge in [-0.15, -0.1) is 0 Å². The van der Waals surface area contributed by atoms with Crippen LogP contribution >= 0.6 is 0 Å². The van der Waals surface area contributed by atoms with Crippen LogP contribution in [0, 0.1) is 18.8 Å². The number of likely N-dealkylation sites (tertiary alicyclic amines) is 1. The van der Waals surface area contributed by atoms with Crippen LogP contribution < -0.4 is 4.74 Å². The molecule has 7 atom stereocenters. The van der Waals surface area contributed by atoms with Gasteiger partial charge in [0.1, 0.15) is 11.9 Å². The number of benzene rings is 1. The van der Waals surface area contributed by atoms with Gasteiger partial charge < -0.3 is 18.9 Å². The number of hydrogen-bond donors (Lipinski definition) is 0. The first-order chi connectivity index (χ1) is 18.1. The fourth-order valence-electron chi connectivity index (χ4n) is 6.19. The monoisotopic (exact) mass is 531 g/mol. The summed E-state index contributed by atoms with van der Waals surface area (Å²) in [5.41, 5.74) is 3.60. The predicted octanol–water partition coefficient (Wildman–Crippen LogP) is 3.62. The van der Waals surface area contributed by atoms with Gasteiger partial charge in [-0.1, -0.05) is 26.0 Å². The van der Waals surface area contributed by atoms with Crippen LogP contribution in [0.5, 0.6) is 5.75 Å². The second-order valence-electron chi connectivity index (χ2n) is 10.7. The standard InChI is InChI=1S/C28H41NO6.CO2/c1-7-12-29-13-8-9-22-14-23-21(15-24(22)29)11-10-16(2)25(23)35-28-27(34-20(6)31)26(33-19(5)30)17(3)18(4)32-28;2-1-3/h10-11,17-18,22,24,26-28H,7-9,12-15H2,1-6H3;/t17-,18-,22-,24-,26+,27-,28+;/m1./s1. The number of esters is 2. The van der Waals surface area contributed by atoms with E-state index in [1.54, 1.807) is 0 Å². The lowest BCUT2D eigenvalue weighted by Gasteiger charge is -2.46. The number of piperidine rings is 1. The average molecular weight is 532 g/mol. The van der Waals surface area contributed by atoms with E-state index < -0.39 is 30.4 Å². The number of hydrogen-bond acceptors (Lipinski definition) is 9. The Morgan fingerprint density at radius 2 is 1.74 bits per heavy atom. The Kier molecular flexibility index (Phi) is 10.5. The van der Waals surface area contributed by atoms with Gasteiger partial charge in [0.25, 0.3) is 0 Å². The van der Waals surface area contributed by atoms with Gasteiger partial charge in [-0.3, -0.25) is 14.5 Å². The molecule has 0 saturated carbocycles. The van der Waals surface area contributed by atoms with Gasteiger partial charge in [-0.25, -0.2) is 0 Å². The number of aryl methyl sites for hydroxylation is 1. The summed E-state index contributed by atoms with van der Waals surface area (Å²) in [6.07, 6.45) is 3.31. The Morgan fingerprint density at radius 1 is 1.08 bits per heavy atom. The van der Waals surface area contributed by atoms with Crippen LogP contribution in [0.2, 0.25) is 0 Å². The average Bonchev–Trinajstić information content (AvgIpc) is 2.85. The summed E-state index contributed by atoms with van der Waals surface area (Å²) >= 11 is 0. The summed E-state index contributed by atoms with van der Waals surface area (Å²) in [6.45, 7) is 13.2. The summed E-state index contributed by atoms with van der Waals surface area (Å²) in [5.74, 6) is 0.399. The van der Waals surface area contributed by atoms with Crippen molar-refractivity contribution in [3.63, 3.8) is 0 Å². The van der Waals surface area contributed by atoms with Crippen molar-refractivity contribution in [1.82, 2.24) is 4.90 Å². The Balaban J connectivity index is 0.00000127. The smallest absolute Gasteiger partial charge is 0.373 e. The molecule has 9 nitrogen and oxygen atoms in total. The van der Waals surface area contributed by atoms with E-state index in [0.717, 1.165) is 30.7 Å². The molecule has 0 spiro atoms. The van der Waals surface area contributed by atoms with Crippen LogP contribution in [0.3, 0.4) is 0 Å². The van der Waals surface area contributed by atoms with Crippen molar-refractivity contribution < 1.29 is 38.1 Å². The molecule has 2 aliphatic heterocycles. The zero-order chi connectivity index (χ0) is 28.0. The first-order valence-electron chi connectivity index (χ1n) is 13.6. The molecule has 210 valence electrons. The van der Waals surface area contributed by atoms with Gasteiger partial charge in [0.2, 0.25) is 12.4 Å². The minimum absolute atomic E-state index is 0.151. The van der Waals surface area contributed by atoms with Crippen LogP contribution in [0.15, 0.2) is 12.1 Å². The van der Waals surface area contributed by atoms with Crippen LogP contribution in [0.4, 0.5) is 0 Å². The quantitative estimate of drug-likeness (QED) is 0.509. The van der Waals surface area contributed by atoms with Crippen molar-refractivity contribution >= 4 is 18.1 Å². The molecule has 0 bridgehead atoms. The first kappa shape index (κ1) is 29.8. The lowest BCUT2D eigenvalue weighted by atomic mass is 9.74. The van der Waals surface area contributed by atoms with Gasteiger partial charge in [0.15, 0.2) is 0 Å². The van der Waals surface area contributed by atoms with E-state index in [1.165, 1.54) is 50.8 Å². The largest absolute Gasteiger partial charge is 0.460 e. The van der Waals surface area contributed by atoms with Gasteiger partial charge in [-0.2, -0.15) is 9.59 Å². The Bertz CT molecular complexity index is 1020. The molecule has 9 heteroatoms. The molecule has 3 aliphatic rings. The molecule has 0 radical (unpaired) electrons. The van der Waals surface area contributed by atoms with E-state index in [4.69, 9.17) is 28.5 Å². The van der Waals surface area contributed by atoms with Crippen LogP contribution in [0.25, 0.3) is 0 Å². The molecule has 0 aromatic heterocycles. The van der Waals surface area contributed by atoms with Crippen molar-refractivity contribution in [1.29, 1.82) is 0 Å². The topological polar surface area (TPSA) is 108 Å². The second kappa shape index (κ2) is 13.4. The maximum Gasteiger partial charge on any atom is 0.373 e. The maximum absolute atomic E-state index is 12.0. The third kappa shape index (κ3) is 6.82. The zero-order valence-electron chi connectivity index (χ0n) is 23.4. The lowest BCUT2D eigenvalue weighted by molar-refractivity contribution is -0.263. The molecule has 1 aromatic carbocycles. The number of carbonyl (C=O) groups excluding carboxylic acids is 4. The van der Waals surface area contributed by atoms with E-state index in [2.05, 4.69) is 24.0 Å². The number of carbonyl (C=O) groups is 2. The maximum atomic E-state index is 12.0. The summed E-state index contributed by atoms with van der Waals surface area (Å²) in [6, 6.07) is 4.94. The summed E-state index contributed by atoms with van der Waals surface area (Å²) in [5, 5.41) is 0. The fourth-order valence-corrected chi connectivity index (χ4v) is 6.19. The molecular formula is C29H41NO8. The van der Waals surface area contributed by atoms with Crippen molar-refractivity contribution in [3.8, 4) is 5.75 Å². The van der Waals surface area contributed by atoms with Crippen LogP contribution in [-0.4, -0.2) is 66.7 Å². The van der Waals surface area contributed by atoms with Crippen LogP contribution in [0.1, 0.15) is 70.6 Å². The normalized spacial score (nSPS) is 30.4. The van der Waals surface area contributed by atoms with E-state index in [9.17, 15) is 9.59 Å². The third-order valence-corrected chi connectivity index (χ3v) is 8.03. The van der Waals surface area contributed by atoms with Crippen molar-refractivity contribution in [2.75, 3.05) is 13.1 Å². The van der Waals surface area contributed by atoms with Crippen molar-refractivity contribution in [2.45, 2.75) is 104 Å². The number of nitrogens with zero attached hydrogens (tertiary/aromatic N) is 1. The van der Waals surface area contributed by atoms with Crippen LogP contribution in [-0.2, 0) is 46.2 Å². The fraction of sp³-hybridized carbons (Fsp3) is 0.690. The minimum atomic E-state index is -0.861. The molecule has 0 amide bonds. The van der Waals surface area contributed by atoms with E-state index in [0.29, 0.717) is 12.0 Å². The number of fused-ring (bicyclic) bond motifs is 2. The molecule has 1 aromatic rings. The molecule has 2 fully saturated rings. The highest BCUT2D eigenvalue weighted by Gasteiger charge is 2.48. The summed E-state index contributed by atoms with van der Waals surface area (Å²) in [4.78, 5) is 42.8. The van der Waals surface area contributed by atoms with E-state index in [-0.39, 0.29) is 18.2 Å². The SMILES string of the molecule is CCCN1CCC[C@@H]2Cc3c(ccc(C)c3O[C@@H]3O[C@H](C)[C@@H](C)[C@H](OC(C)=O)[C@H]3OC(C)=O)C[C@H]21.O=C=O. The second-order valence-corrected chi connectivity index (χ2v) is 10.7. The molecule has 0 unspecified atom stereocenters. The van der Waals surface area contributed by atoms with Gasteiger partial charge in [0, 0.05) is 25.8 Å². The number of ether oxygens (including phenoxy) is 4. The summed E-state index contributed by atoms with van der Waals surface area (Å²) in [7, 11) is 0. The Hall–Kier alpha value is -2.74. The van der Waals surface area contributed by atoms with Gasteiger partial charge in [0.05, 0.1) is 6.10 Å². The highest BCUT2D eigenvalue weighted by Crippen LogP contribution is 2.41. The molecule has 1 aliphatic carbocycles. The highest BCUT2D eigenvalue weighted by molar-refractivity contribution is 5.67. The molecule has 0 N–H and O–H groups in total. The molecule has 4 rings (SSSR count). The minimum Gasteiger partial charge on any atom is -0.460 e. The third-order valence-electron chi connectivity index (χ3n) is 8.03. The van der Waals surface area contributed by atoms with Crippen molar-refractivity contribution in [2.24, 2.45) is 11.8 Å². The molecular weight excluding hydrogens is 490 g/mol. The summed E-state index contributed by atoms with van der Waals surface area (Å²) < 4.78 is 24.1. The van der Waals surface area contributed by atoms with E-state index in [1.807, 2.05) is 20.8 Å². The Morgan fingerprint density at radius 3 is 2.37 bits per heavy atom. The number of rotatable bonds is 6. The highest BCUT2D eigenvalue weighted by atomic mass is 16.7.